The van der Waals surface area contributed by atoms with E-state index < -0.39 is 89.5 Å². The number of rotatable bonds is 29. The highest BCUT2D eigenvalue weighted by atomic mass is 32.2. The molecule has 2 aromatic heterocycles. The van der Waals surface area contributed by atoms with Crippen LogP contribution in [0.3, 0.4) is 0 Å². The van der Waals surface area contributed by atoms with E-state index in [-0.39, 0.29) is 93.8 Å². The number of aromatic amines is 1. The summed E-state index contributed by atoms with van der Waals surface area (Å²) < 4.78 is 18.6. The van der Waals surface area contributed by atoms with Crippen molar-refractivity contribution in [1.29, 1.82) is 0 Å². The van der Waals surface area contributed by atoms with Crippen LogP contribution in [0.4, 0.5) is 4.79 Å². The van der Waals surface area contributed by atoms with Crippen LogP contribution in [0.15, 0.2) is 73.3 Å². The number of unbranched alkanes of at least 4 members (excludes halogenated alkanes) is 1. The van der Waals surface area contributed by atoms with Crippen LogP contribution in [0.1, 0.15) is 114 Å². The van der Waals surface area contributed by atoms with Crippen LogP contribution < -0.4 is 53.6 Å². The number of aryl methyl sites for hydroxylation is 1. The van der Waals surface area contributed by atoms with Crippen molar-refractivity contribution in [1.82, 2.24) is 72.8 Å². The second-order valence-corrected chi connectivity index (χ2v) is 26.4. The predicted molar refractivity (Wildman–Crippen MR) is 355 cm³/mol. The molecule has 30 heteroatoms. The summed E-state index contributed by atoms with van der Waals surface area (Å²) >= 11 is 1.87. The molecule has 3 aliphatic heterocycles. The highest BCUT2D eigenvalue weighted by Crippen LogP contribution is 2.33. The highest BCUT2D eigenvalue weighted by molar-refractivity contribution is 8.00. The topological polar surface area (TPSA) is 415 Å². The largest absolute Gasteiger partial charge is 0.508 e. The summed E-state index contributed by atoms with van der Waals surface area (Å²) in [4.78, 5) is 132. The Labute approximate surface area is 563 Å². The van der Waals surface area contributed by atoms with Crippen molar-refractivity contribution in [2.45, 2.75) is 183 Å². The van der Waals surface area contributed by atoms with Gasteiger partial charge in [-0.1, -0.05) is 67.9 Å². The maximum atomic E-state index is 14.6. The number of benzene rings is 2. The van der Waals surface area contributed by atoms with E-state index in [0.717, 1.165) is 30.6 Å². The van der Waals surface area contributed by atoms with Crippen molar-refractivity contribution in [3.63, 3.8) is 0 Å². The summed E-state index contributed by atoms with van der Waals surface area (Å²) in [7, 11) is 0. The Hall–Kier alpha value is -8.03. The van der Waals surface area contributed by atoms with E-state index in [1.807, 2.05) is 43.8 Å². The molecule has 526 valence electrons. The van der Waals surface area contributed by atoms with E-state index in [1.165, 1.54) is 31.6 Å². The highest BCUT2D eigenvalue weighted by Gasteiger charge is 2.43. The number of ketones is 1. The van der Waals surface area contributed by atoms with Gasteiger partial charge in [0.25, 0.3) is 0 Å². The van der Waals surface area contributed by atoms with Gasteiger partial charge in [0.15, 0.2) is 5.78 Å². The van der Waals surface area contributed by atoms with E-state index in [9.17, 15) is 53.4 Å². The van der Waals surface area contributed by atoms with Crippen LogP contribution in [0.5, 0.6) is 5.75 Å². The number of fused-ring (bicyclic) bond motifs is 3. The lowest BCUT2D eigenvalue weighted by Crippen LogP contribution is -2.62. The van der Waals surface area contributed by atoms with Crippen LogP contribution >= 0.6 is 11.8 Å². The molecule has 7 rings (SSSR count). The molecular weight excluding hydrogens is 1260 g/mol. The number of H-pyrrole nitrogens is 1. The smallest absolute Gasteiger partial charge is 0.315 e. The van der Waals surface area contributed by atoms with Crippen LogP contribution in [0.25, 0.3) is 0 Å². The zero-order chi connectivity index (χ0) is 68.8. The molecular formula is C66H97N15O14S. The fraction of sp³-hybridized carbons (Fsp3) is 0.606. The van der Waals surface area contributed by atoms with Gasteiger partial charge in [-0.3, -0.25) is 43.0 Å². The van der Waals surface area contributed by atoms with Gasteiger partial charge in [-0.15, -0.1) is 5.10 Å². The van der Waals surface area contributed by atoms with E-state index in [2.05, 4.69) is 68.1 Å². The number of urea groups is 1. The number of nitrogens with two attached hydrogens (primary N) is 1. The van der Waals surface area contributed by atoms with Crippen molar-refractivity contribution in [3.05, 3.63) is 95.8 Å². The molecule has 0 radical (unpaired) electrons. The minimum atomic E-state index is -1.68. The Kier molecular flexibility index (Phi) is 31.3. The van der Waals surface area contributed by atoms with Gasteiger partial charge in [0.2, 0.25) is 41.4 Å². The summed E-state index contributed by atoms with van der Waals surface area (Å²) in [5.74, 6) is -5.29. The van der Waals surface area contributed by atoms with Crippen LogP contribution in [-0.2, 0) is 84.8 Å². The number of phenols is 1. The van der Waals surface area contributed by atoms with Gasteiger partial charge < -0.3 is 83.0 Å². The number of aromatic hydroxyl groups is 1. The number of nitrogens with one attached hydrogen (secondary N) is 10. The van der Waals surface area contributed by atoms with Crippen molar-refractivity contribution in [2.75, 3.05) is 58.5 Å². The minimum absolute atomic E-state index is 0.00335. The third kappa shape index (κ3) is 25.8. The Morgan fingerprint density at radius 2 is 1.36 bits per heavy atom. The lowest BCUT2D eigenvalue weighted by Gasteiger charge is -2.29. The van der Waals surface area contributed by atoms with Crippen LogP contribution in [0.2, 0.25) is 0 Å². The van der Waals surface area contributed by atoms with Crippen LogP contribution in [0, 0.1) is 11.8 Å². The molecule has 2 saturated heterocycles. The third-order valence-electron chi connectivity index (χ3n) is 16.7. The molecule has 9 amide bonds. The quantitative estimate of drug-likeness (QED) is 0.0263. The molecule has 14 N–H and O–H groups in total. The number of amides is 9. The number of ether oxygens (including phenoxy) is 3. The molecule has 4 aromatic rings. The lowest BCUT2D eigenvalue weighted by molar-refractivity contribution is -0.137. The van der Waals surface area contributed by atoms with Crippen LogP contribution in [-0.4, -0.2) is 207 Å². The summed E-state index contributed by atoms with van der Waals surface area (Å²) in [5, 5.41) is 55.6. The first-order valence-electron chi connectivity index (χ1n) is 33.4. The lowest BCUT2D eigenvalue weighted by atomic mass is 9.90. The maximum Gasteiger partial charge on any atom is 0.315 e. The van der Waals surface area contributed by atoms with Gasteiger partial charge in [0.1, 0.15) is 36.0 Å². The van der Waals surface area contributed by atoms with Crippen molar-refractivity contribution in [2.24, 2.45) is 17.6 Å². The van der Waals surface area contributed by atoms with Gasteiger partial charge in [0, 0.05) is 100.0 Å². The van der Waals surface area contributed by atoms with E-state index in [0.29, 0.717) is 100 Å². The van der Waals surface area contributed by atoms with Crippen molar-refractivity contribution >= 4 is 64.9 Å². The minimum Gasteiger partial charge on any atom is -0.508 e. The van der Waals surface area contributed by atoms with Crippen molar-refractivity contribution in [3.8, 4) is 5.75 Å². The van der Waals surface area contributed by atoms with Gasteiger partial charge >= 0.3 is 6.03 Å². The molecule has 0 aliphatic carbocycles. The fourth-order valence-corrected chi connectivity index (χ4v) is 13.0. The number of hydrogen-bond donors (Lipinski definition) is 13. The Bertz CT molecular complexity index is 3110. The standard InChI is InChI=1S/C66H97N15O14S/c1-41(2)31-51-64(90)77-58(42(3)82)65(91)75-53(36-46-37-68-40-71-46)63(89)72-50(61(87)70-23-12-26-94-28-30-95-29-27-93-25-11-22-69-57(85)17-8-7-16-56-59-54(39-96-56)76-66(92)78-59)15-9-10-24-81-38-47(79-80-81)35-49(67)55(84)34-45(32-43-13-5-4-6-14-43)60(86)73-52(62(88)74-51)33-44-18-20-48(83)21-19-44/h4-6,13-14,18-21,37-38,40-42,45,49-54,56,58-59,82-83H,7-12,15-17,22-36,39,67H2,1-3H3,(H,68,71)(H,69,85)(H,70,87)(H,72,89)(H,73,86)(H,74,88)(H,75,91)(H,77,90)(H2,76,78,92)/t42-,45+,49-,50-,51-,52-,53-,54+,56?,58-,59+/m0/s1. The molecule has 29 nitrogen and oxygen atoms in total. The Morgan fingerprint density at radius 3 is 2.06 bits per heavy atom. The number of phenolic OH excluding ortho intramolecular Hbond substituents is 1. The number of aromatic nitrogens is 5. The molecule has 2 bridgehead atoms. The van der Waals surface area contributed by atoms with Crippen molar-refractivity contribution < 1.29 is 67.6 Å². The fourth-order valence-electron chi connectivity index (χ4n) is 11.5. The molecule has 3 aliphatic rings. The first-order chi connectivity index (χ1) is 46.3. The first-order valence-corrected chi connectivity index (χ1v) is 34.5. The molecule has 0 saturated carbocycles. The molecule has 11 atom stereocenters. The number of thioether (sulfide) groups is 1. The Morgan fingerprint density at radius 1 is 0.708 bits per heavy atom. The first kappa shape index (κ1) is 75.4. The van der Waals surface area contributed by atoms with Gasteiger partial charge in [-0.05, 0) is 93.9 Å². The Balaban J connectivity index is 0.946. The maximum absolute atomic E-state index is 14.6. The third-order valence-corrected chi connectivity index (χ3v) is 18.2. The SMILES string of the molecule is CC(C)C[C@@H]1NC(=O)[C@H](Cc2ccc(O)cc2)NC(=O)[C@H](Cc2ccccc2)CC(=O)[C@@H](N)Cc2cn(nn2)CCCC[C@@H](C(=O)NCCCOCCOCCOCCCNC(=O)CCCCC2SC[C@H]3NC(=O)N[C@@H]23)NC(=O)[C@H](Cc2cnc[nH]2)NC(=O)[C@H]([C@H](C)O)NC1=O. The van der Waals surface area contributed by atoms with E-state index >= 15 is 0 Å². The number of carbonyl (C=O) groups excluding carboxylic acids is 9. The van der Waals surface area contributed by atoms with Gasteiger partial charge in [-0.2, -0.15) is 11.8 Å². The molecule has 2 fully saturated rings. The average Bonchev–Trinajstić information content (AvgIpc) is 1.59. The normalized spacial score (nSPS) is 23.9. The molecule has 1 unspecified atom stereocenters. The molecule has 2 aromatic carbocycles. The summed E-state index contributed by atoms with van der Waals surface area (Å²) in [6.45, 7) is 8.02. The summed E-state index contributed by atoms with van der Waals surface area (Å²) in [6, 6.07) is 7.37. The zero-order valence-corrected chi connectivity index (χ0v) is 55.9. The summed E-state index contributed by atoms with van der Waals surface area (Å²) in [5.41, 5.74) is 8.67. The van der Waals surface area contributed by atoms with E-state index in [1.54, 1.807) is 35.1 Å². The summed E-state index contributed by atoms with van der Waals surface area (Å²) in [6.07, 6.45) is 7.76. The number of imidazole rings is 1. The molecule has 96 heavy (non-hydrogen) atoms. The van der Waals surface area contributed by atoms with E-state index in [4.69, 9.17) is 19.9 Å². The second-order valence-electron chi connectivity index (χ2n) is 25.1. The average molecular weight is 1360 g/mol. The monoisotopic (exact) mass is 1360 g/mol. The van der Waals surface area contributed by atoms with Gasteiger partial charge in [-0.25, -0.2) is 9.78 Å². The number of aliphatic hydroxyl groups is 1. The number of Topliss-reactive ketones (excluding diaryl/α,β-unsaturated/α-hetero) is 1. The number of aliphatic hydroxyl groups excluding tert-OH is 1. The number of carbonyl (C=O) groups is 9. The number of nitrogens with zero attached hydrogens (tertiary/aromatic N) is 4. The molecule has 5 heterocycles. The molecule has 0 spiro atoms. The predicted octanol–water partition coefficient (Wildman–Crippen LogP) is 0.703. The second kappa shape index (κ2) is 39.9. The van der Waals surface area contributed by atoms with Gasteiger partial charge in [0.05, 0.1) is 62.7 Å². The number of hydrogen-bond acceptors (Lipinski definition) is 19. The zero-order valence-electron chi connectivity index (χ0n) is 55.1.